The molecule has 4 heteroatoms. The third-order valence-electron chi connectivity index (χ3n) is 1.83. The van der Waals surface area contributed by atoms with E-state index in [1.807, 2.05) is 6.92 Å². The van der Waals surface area contributed by atoms with Crippen molar-refractivity contribution in [1.29, 1.82) is 5.26 Å². The molecular formula is C10H15N3S. The highest BCUT2D eigenvalue weighted by Crippen LogP contribution is 2.07. The molecule has 0 aliphatic heterocycles. The second-order valence-corrected chi connectivity index (χ2v) is 4.12. The van der Waals surface area contributed by atoms with Gasteiger partial charge in [0.05, 0.1) is 6.07 Å². The fourth-order valence-electron chi connectivity index (χ4n) is 1.13. The van der Waals surface area contributed by atoms with Gasteiger partial charge in [0.15, 0.2) is 0 Å². The summed E-state index contributed by atoms with van der Waals surface area (Å²) in [6.45, 7) is 3.83. The molecule has 0 amide bonds. The summed E-state index contributed by atoms with van der Waals surface area (Å²) in [6.07, 6.45) is 2.72. The summed E-state index contributed by atoms with van der Waals surface area (Å²) in [5, 5.41) is 14.8. The number of rotatable bonds is 6. The van der Waals surface area contributed by atoms with Crippen molar-refractivity contribution in [2.45, 2.75) is 32.7 Å². The Morgan fingerprint density at radius 1 is 1.57 bits per heavy atom. The molecule has 0 unspecified atom stereocenters. The molecular weight excluding hydrogens is 194 g/mol. The van der Waals surface area contributed by atoms with Crippen molar-refractivity contribution in [2.75, 3.05) is 6.54 Å². The predicted molar refractivity (Wildman–Crippen MR) is 58.0 cm³/mol. The van der Waals surface area contributed by atoms with Crippen LogP contribution in [0.3, 0.4) is 0 Å². The van der Waals surface area contributed by atoms with Gasteiger partial charge in [0.2, 0.25) is 0 Å². The molecule has 3 nitrogen and oxygen atoms in total. The Morgan fingerprint density at radius 3 is 3.07 bits per heavy atom. The number of nitrogens with zero attached hydrogens (tertiary/aromatic N) is 2. The van der Waals surface area contributed by atoms with Gasteiger partial charge in [0, 0.05) is 24.0 Å². The van der Waals surface area contributed by atoms with Crippen LogP contribution >= 0.6 is 11.3 Å². The molecule has 0 aliphatic carbocycles. The maximum Gasteiger partial charge on any atom is 0.107 e. The van der Waals surface area contributed by atoms with E-state index in [1.165, 1.54) is 0 Å². The van der Waals surface area contributed by atoms with Crippen LogP contribution in [0.4, 0.5) is 0 Å². The number of thiazole rings is 1. The van der Waals surface area contributed by atoms with Crippen LogP contribution < -0.4 is 5.32 Å². The number of unbranched alkanes of at least 4 members (excludes halogenated alkanes) is 2. The SMILES string of the molecule is Cc1csc(CNCCCCC#N)n1. The van der Waals surface area contributed by atoms with Gasteiger partial charge in [0.1, 0.15) is 5.01 Å². The average molecular weight is 209 g/mol. The minimum atomic E-state index is 0.665. The molecule has 14 heavy (non-hydrogen) atoms. The molecule has 0 aromatic carbocycles. The summed E-state index contributed by atoms with van der Waals surface area (Å²) >= 11 is 1.69. The Morgan fingerprint density at radius 2 is 2.43 bits per heavy atom. The Bertz CT molecular complexity index is 301. The monoisotopic (exact) mass is 209 g/mol. The van der Waals surface area contributed by atoms with Crippen LogP contribution in [0.25, 0.3) is 0 Å². The summed E-state index contributed by atoms with van der Waals surface area (Å²) in [7, 11) is 0. The van der Waals surface area contributed by atoms with Gasteiger partial charge in [-0.15, -0.1) is 11.3 Å². The van der Waals surface area contributed by atoms with Gasteiger partial charge >= 0.3 is 0 Å². The lowest BCUT2D eigenvalue weighted by atomic mass is 10.2. The molecule has 0 radical (unpaired) electrons. The molecule has 1 aromatic heterocycles. The van der Waals surface area contributed by atoms with E-state index in [2.05, 4.69) is 21.8 Å². The van der Waals surface area contributed by atoms with Crippen molar-refractivity contribution in [2.24, 2.45) is 0 Å². The minimum absolute atomic E-state index is 0.665. The smallest absolute Gasteiger partial charge is 0.107 e. The molecule has 0 atom stereocenters. The first kappa shape index (κ1) is 11.2. The first-order valence-electron chi connectivity index (χ1n) is 4.81. The van der Waals surface area contributed by atoms with E-state index in [0.29, 0.717) is 6.42 Å². The molecule has 0 saturated carbocycles. The molecule has 0 fully saturated rings. The first-order chi connectivity index (χ1) is 6.83. The Balaban J connectivity index is 2.02. The Hall–Kier alpha value is -0.920. The fraction of sp³-hybridized carbons (Fsp3) is 0.600. The maximum atomic E-state index is 8.32. The highest BCUT2D eigenvalue weighted by molar-refractivity contribution is 7.09. The van der Waals surface area contributed by atoms with Crippen LogP contribution in [-0.2, 0) is 6.54 Å². The number of nitrogens with one attached hydrogen (secondary N) is 1. The van der Waals surface area contributed by atoms with Gasteiger partial charge < -0.3 is 5.32 Å². The van der Waals surface area contributed by atoms with Gasteiger partial charge in [-0.25, -0.2) is 4.98 Å². The van der Waals surface area contributed by atoms with Gasteiger partial charge in [-0.2, -0.15) is 5.26 Å². The zero-order valence-electron chi connectivity index (χ0n) is 8.42. The summed E-state index contributed by atoms with van der Waals surface area (Å²) in [5.74, 6) is 0. The fourth-order valence-corrected chi connectivity index (χ4v) is 1.87. The van der Waals surface area contributed by atoms with Crippen molar-refractivity contribution >= 4 is 11.3 Å². The van der Waals surface area contributed by atoms with E-state index in [-0.39, 0.29) is 0 Å². The molecule has 76 valence electrons. The molecule has 1 rings (SSSR count). The zero-order chi connectivity index (χ0) is 10.2. The first-order valence-corrected chi connectivity index (χ1v) is 5.69. The van der Waals surface area contributed by atoms with Crippen LogP contribution in [0.5, 0.6) is 0 Å². The van der Waals surface area contributed by atoms with Crippen molar-refractivity contribution in [1.82, 2.24) is 10.3 Å². The average Bonchev–Trinajstić information content (AvgIpc) is 2.58. The Kier molecular flexibility index (Phi) is 5.20. The quantitative estimate of drug-likeness (QED) is 0.731. The van der Waals surface area contributed by atoms with E-state index >= 15 is 0 Å². The standard InChI is InChI=1S/C10H15N3S/c1-9-8-14-10(13-9)7-12-6-4-2-3-5-11/h8,12H,2-4,6-7H2,1H3. The highest BCUT2D eigenvalue weighted by Gasteiger charge is 1.96. The predicted octanol–water partition coefficient (Wildman–Crippen LogP) is 2.24. The molecule has 0 bridgehead atoms. The van der Waals surface area contributed by atoms with Crippen LogP contribution in [0.15, 0.2) is 5.38 Å². The minimum Gasteiger partial charge on any atom is -0.310 e. The van der Waals surface area contributed by atoms with Crippen molar-refractivity contribution in [3.8, 4) is 6.07 Å². The van der Waals surface area contributed by atoms with E-state index in [0.717, 1.165) is 36.6 Å². The van der Waals surface area contributed by atoms with Crippen molar-refractivity contribution < 1.29 is 0 Å². The number of hydrogen-bond donors (Lipinski definition) is 1. The van der Waals surface area contributed by atoms with Crippen molar-refractivity contribution in [3.63, 3.8) is 0 Å². The normalized spacial score (nSPS) is 10.0. The summed E-state index contributed by atoms with van der Waals surface area (Å²) < 4.78 is 0. The van der Waals surface area contributed by atoms with Gasteiger partial charge in [-0.1, -0.05) is 0 Å². The summed E-state index contributed by atoms with van der Waals surface area (Å²) in [5.41, 5.74) is 1.09. The number of hydrogen-bond acceptors (Lipinski definition) is 4. The lowest BCUT2D eigenvalue weighted by Crippen LogP contribution is -2.14. The van der Waals surface area contributed by atoms with E-state index < -0.39 is 0 Å². The van der Waals surface area contributed by atoms with Gasteiger partial charge in [-0.3, -0.25) is 0 Å². The third-order valence-corrected chi connectivity index (χ3v) is 2.80. The number of nitriles is 1. The topological polar surface area (TPSA) is 48.7 Å². The summed E-state index contributed by atoms with van der Waals surface area (Å²) in [4.78, 5) is 4.35. The lowest BCUT2D eigenvalue weighted by molar-refractivity contribution is 0.626. The second kappa shape index (κ2) is 6.52. The maximum absolute atomic E-state index is 8.32. The molecule has 1 aromatic rings. The highest BCUT2D eigenvalue weighted by atomic mass is 32.1. The van der Waals surface area contributed by atoms with E-state index in [1.54, 1.807) is 11.3 Å². The third kappa shape index (κ3) is 4.35. The molecule has 0 aliphatic rings. The molecule has 0 saturated heterocycles. The lowest BCUT2D eigenvalue weighted by Gasteiger charge is -1.99. The summed E-state index contributed by atoms with van der Waals surface area (Å²) in [6, 6.07) is 2.14. The number of aromatic nitrogens is 1. The van der Waals surface area contributed by atoms with Crippen LogP contribution in [0.2, 0.25) is 0 Å². The van der Waals surface area contributed by atoms with Crippen LogP contribution in [0.1, 0.15) is 30.0 Å². The van der Waals surface area contributed by atoms with Crippen LogP contribution in [-0.4, -0.2) is 11.5 Å². The Labute approximate surface area is 88.8 Å². The molecule has 1 heterocycles. The second-order valence-electron chi connectivity index (χ2n) is 3.17. The molecule has 0 spiro atoms. The van der Waals surface area contributed by atoms with E-state index in [9.17, 15) is 0 Å². The van der Waals surface area contributed by atoms with Gasteiger partial charge in [-0.05, 0) is 26.3 Å². The zero-order valence-corrected chi connectivity index (χ0v) is 9.23. The van der Waals surface area contributed by atoms with E-state index in [4.69, 9.17) is 5.26 Å². The van der Waals surface area contributed by atoms with Crippen molar-refractivity contribution in [3.05, 3.63) is 16.1 Å². The molecule has 1 N–H and O–H groups in total. The largest absolute Gasteiger partial charge is 0.310 e. The van der Waals surface area contributed by atoms with Crippen LogP contribution in [0, 0.1) is 18.3 Å². The van der Waals surface area contributed by atoms with Gasteiger partial charge in [0.25, 0.3) is 0 Å². The number of aryl methyl sites for hydroxylation is 1.